The van der Waals surface area contributed by atoms with Crippen LogP contribution in [0.3, 0.4) is 0 Å². The zero-order valence-electron chi connectivity index (χ0n) is 11.5. The summed E-state index contributed by atoms with van der Waals surface area (Å²) in [7, 11) is 6.26. The lowest BCUT2D eigenvalue weighted by Crippen LogP contribution is -2.34. The van der Waals surface area contributed by atoms with Gasteiger partial charge in [-0.1, -0.05) is 18.2 Å². The maximum atomic E-state index is 11.9. The summed E-state index contributed by atoms with van der Waals surface area (Å²) in [6, 6.07) is 16.5. The molecule has 3 nitrogen and oxygen atoms in total. The Morgan fingerprint density at radius 1 is 0.895 bits per heavy atom. The van der Waals surface area contributed by atoms with Crippen LogP contribution >= 0.6 is 0 Å². The summed E-state index contributed by atoms with van der Waals surface area (Å²) in [5.74, 6) is 0.227. The third-order valence-corrected chi connectivity index (χ3v) is 2.83. The maximum Gasteiger partial charge on any atom is 0.343 e. The van der Waals surface area contributed by atoms with Crippen LogP contribution in [0.25, 0.3) is 0 Å². The van der Waals surface area contributed by atoms with Gasteiger partial charge in [-0.15, -0.1) is 0 Å². The Balaban J connectivity index is 2.10. The second-order valence-corrected chi connectivity index (χ2v) is 5.26. The van der Waals surface area contributed by atoms with Crippen molar-refractivity contribution in [1.29, 1.82) is 0 Å². The fourth-order valence-electron chi connectivity index (χ4n) is 1.70. The highest BCUT2D eigenvalue weighted by Gasteiger charge is 2.13. The fourth-order valence-corrected chi connectivity index (χ4v) is 1.70. The van der Waals surface area contributed by atoms with E-state index in [9.17, 15) is 4.79 Å². The Kier molecular flexibility index (Phi) is 3.67. The van der Waals surface area contributed by atoms with Crippen molar-refractivity contribution < 1.29 is 9.53 Å². The van der Waals surface area contributed by atoms with Crippen LogP contribution in [0.15, 0.2) is 54.6 Å². The molecule has 2 aromatic rings. The predicted octanol–water partition coefficient (Wildman–Crippen LogP) is 3.10. The molecule has 0 spiro atoms. The van der Waals surface area contributed by atoms with Crippen LogP contribution in [0.5, 0.6) is 5.75 Å². The zero-order chi connectivity index (χ0) is 13.9. The van der Waals surface area contributed by atoms with Crippen molar-refractivity contribution in [2.24, 2.45) is 0 Å². The number of quaternary nitrogens is 1. The molecule has 0 radical (unpaired) electrons. The van der Waals surface area contributed by atoms with Gasteiger partial charge in [-0.3, -0.25) is 4.48 Å². The Bertz CT molecular complexity index is 554. The van der Waals surface area contributed by atoms with E-state index in [1.165, 1.54) is 0 Å². The first kappa shape index (κ1) is 13.3. The molecule has 0 fully saturated rings. The van der Waals surface area contributed by atoms with Crippen molar-refractivity contribution >= 4 is 11.7 Å². The summed E-state index contributed by atoms with van der Waals surface area (Å²) >= 11 is 0. The van der Waals surface area contributed by atoms with Crippen LogP contribution in [0, 0.1) is 0 Å². The molecular weight excluding hydrogens is 238 g/mol. The maximum absolute atomic E-state index is 11.9. The lowest BCUT2D eigenvalue weighted by Gasteiger charge is -2.23. The Hall–Kier alpha value is -2.13. The van der Waals surface area contributed by atoms with Crippen LogP contribution in [0.2, 0.25) is 0 Å². The second-order valence-electron chi connectivity index (χ2n) is 5.26. The van der Waals surface area contributed by atoms with Crippen molar-refractivity contribution in [3.63, 3.8) is 0 Å². The molecule has 0 aromatic heterocycles. The van der Waals surface area contributed by atoms with Gasteiger partial charge in [0.05, 0.1) is 26.7 Å². The van der Waals surface area contributed by atoms with Gasteiger partial charge < -0.3 is 4.74 Å². The first-order valence-electron chi connectivity index (χ1n) is 6.16. The van der Waals surface area contributed by atoms with E-state index in [1.807, 2.05) is 42.5 Å². The molecule has 0 saturated carbocycles. The zero-order valence-corrected chi connectivity index (χ0v) is 11.5. The van der Waals surface area contributed by atoms with Crippen molar-refractivity contribution in [2.45, 2.75) is 0 Å². The number of nitrogens with zero attached hydrogens (tertiary/aromatic N) is 1. The number of ether oxygens (including phenoxy) is 1. The van der Waals surface area contributed by atoms with E-state index in [4.69, 9.17) is 4.74 Å². The summed E-state index contributed by atoms with van der Waals surface area (Å²) in [5.41, 5.74) is 1.71. The average Bonchev–Trinajstić information content (AvgIpc) is 2.39. The molecule has 0 bridgehead atoms. The van der Waals surface area contributed by atoms with Gasteiger partial charge in [-0.05, 0) is 24.3 Å². The van der Waals surface area contributed by atoms with Crippen molar-refractivity contribution in [3.8, 4) is 5.75 Å². The lowest BCUT2D eigenvalue weighted by molar-refractivity contribution is 0.0735. The SMILES string of the molecule is C[N+](C)(C)c1ccc(OC(=O)c2ccccc2)cc1. The normalized spacial score (nSPS) is 11.1. The van der Waals surface area contributed by atoms with Crippen LogP contribution in [-0.2, 0) is 0 Å². The molecule has 0 N–H and O–H groups in total. The molecular formula is C16H18NO2+. The minimum atomic E-state index is -0.335. The minimum Gasteiger partial charge on any atom is -0.423 e. The fraction of sp³-hybridized carbons (Fsp3) is 0.188. The van der Waals surface area contributed by atoms with Crippen LogP contribution in [0.1, 0.15) is 10.4 Å². The van der Waals surface area contributed by atoms with Gasteiger partial charge in [-0.2, -0.15) is 0 Å². The summed E-state index contributed by atoms with van der Waals surface area (Å²) < 4.78 is 6.05. The minimum absolute atomic E-state index is 0.335. The standard InChI is InChI=1S/C16H18NO2/c1-17(2,3)14-9-11-15(12-10-14)19-16(18)13-7-5-4-6-8-13/h4-12H,1-3H3/q+1. The Morgan fingerprint density at radius 2 is 1.47 bits per heavy atom. The van der Waals surface area contributed by atoms with Gasteiger partial charge in [0.1, 0.15) is 11.4 Å². The highest BCUT2D eigenvalue weighted by Crippen LogP contribution is 2.21. The molecule has 0 aliphatic heterocycles. The van der Waals surface area contributed by atoms with E-state index in [-0.39, 0.29) is 5.97 Å². The number of carbonyl (C=O) groups excluding carboxylic acids is 1. The number of hydrogen-bond donors (Lipinski definition) is 0. The second kappa shape index (κ2) is 5.24. The molecule has 19 heavy (non-hydrogen) atoms. The quantitative estimate of drug-likeness (QED) is 0.479. The molecule has 0 amide bonds. The Morgan fingerprint density at radius 3 is 2.00 bits per heavy atom. The number of rotatable bonds is 3. The monoisotopic (exact) mass is 256 g/mol. The third kappa shape index (κ3) is 3.42. The lowest BCUT2D eigenvalue weighted by atomic mass is 10.2. The van der Waals surface area contributed by atoms with Crippen LogP contribution in [0.4, 0.5) is 5.69 Å². The molecule has 0 unspecified atom stereocenters. The smallest absolute Gasteiger partial charge is 0.343 e. The molecule has 0 aliphatic rings. The van der Waals surface area contributed by atoms with Crippen LogP contribution < -0.4 is 9.22 Å². The van der Waals surface area contributed by atoms with Gasteiger partial charge in [0.25, 0.3) is 0 Å². The number of esters is 1. The van der Waals surface area contributed by atoms with Gasteiger partial charge in [-0.25, -0.2) is 4.79 Å². The van der Waals surface area contributed by atoms with Gasteiger partial charge in [0, 0.05) is 12.1 Å². The summed E-state index contributed by atoms with van der Waals surface area (Å²) in [6.07, 6.45) is 0. The molecule has 0 aliphatic carbocycles. The molecule has 2 aromatic carbocycles. The molecule has 98 valence electrons. The van der Waals surface area contributed by atoms with Gasteiger partial charge >= 0.3 is 5.97 Å². The summed E-state index contributed by atoms with van der Waals surface area (Å²) in [4.78, 5) is 11.9. The molecule has 2 rings (SSSR count). The summed E-state index contributed by atoms with van der Waals surface area (Å²) in [5, 5.41) is 0. The predicted molar refractivity (Wildman–Crippen MR) is 77.4 cm³/mol. The topological polar surface area (TPSA) is 26.3 Å². The van der Waals surface area contributed by atoms with Crippen LogP contribution in [-0.4, -0.2) is 27.1 Å². The number of carbonyl (C=O) groups is 1. The average molecular weight is 256 g/mol. The highest BCUT2D eigenvalue weighted by atomic mass is 16.5. The molecule has 3 heteroatoms. The number of benzene rings is 2. The molecule has 0 atom stereocenters. The van der Waals surface area contributed by atoms with E-state index in [1.54, 1.807) is 12.1 Å². The van der Waals surface area contributed by atoms with E-state index in [0.29, 0.717) is 11.3 Å². The van der Waals surface area contributed by atoms with Crippen molar-refractivity contribution in [2.75, 3.05) is 21.1 Å². The summed E-state index contributed by atoms with van der Waals surface area (Å²) in [6.45, 7) is 0. The van der Waals surface area contributed by atoms with E-state index < -0.39 is 0 Å². The number of hydrogen-bond acceptors (Lipinski definition) is 2. The third-order valence-electron chi connectivity index (χ3n) is 2.83. The largest absolute Gasteiger partial charge is 0.423 e. The van der Waals surface area contributed by atoms with Crippen molar-refractivity contribution in [3.05, 3.63) is 60.2 Å². The van der Waals surface area contributed by atoms with Gasteiger partial charge in [0.15, 0.2) is 0 Å². The van der Waals surface area contributed by atoms with Crippen molar-refractivity contribution in [1.82, 2.24) is 4.48 Å². The molecule has 0 heterocycles. The first-order chi connectivity index (χ1) is 8.97. The van der Waals surface area contributed by atoms with E-state index >= 15 is 0 Å². The van der Waals surface area contributed by atoms with E-state index in [0.717, 1.165) is 10.2 Å². The highest BCUT2D eigenvalue weighted by molar-refractivity contribution is 5.90. The molecule has 0 saturated heterocycles. The Labute approximate surface area is 113 Å². The van der Waals surface area contributed by atoms with Gasteiger partial charge in [0.2, 0.25) is 0 Å². The first-order valence-corrected chi connectivity index (χ1v) is 6.16. The van der Waals surface area contributed by atoms with E-state index in [2.05, 4.69) is 21.1 Å².